The van der Waals surface area contributed by atoms with Crippen LogP contribution in [0.4, 0.5) is 26.3 Å². The Labute approximate surface area is 145 Å². The summed E-state index contributed by atoms with van der Waals surface area (Å²) in [6.45, 7) is 3.29. The fourth-order valence-electron chi connectivity index (χ4n) is 2.61. The molecule has 0 heterocycles. The number of ether oxygens (including phenoxy) is 2. The highest BCUT2D eigenvalue weighted by Gasteiger charge is 2.77. The van der Waals surface area contributed by atoms with Gasteiger partial charge < -0.3 is 14.6 Å². The summed E-state index contributed by atoms with van der Waals surface area (Å²) < 4.78 is 85.5. The first kappa shape index (κ1) is 22.5. The first-order valence-corrected chi connectivity index (χ1v) is 7.85. The monoisotopic (exact) mass is 394 g/mol. The van der Waals surface area contributed by atoms with Gasteiger partial charge in [-0.1, -0.05) is 6.92 Å². The van der Waals surface area contributed by atoms with E-state index in [9.17, 15) is 35.9 Å². The Morgan fingerprint density at radius 3 is 1.73 bits per heavy atom. The standard InChI is InChI=1S/C15H20F6O5/c1-4-12(7-5-6-8-12)26-9(22)11(2,3)25-10(23)13(24,14(16,17)18)15(19,20)21/h24H,4-8H2,1-3H3. The second-order valence-electron chi connectivity index (χ2n) is 6.74. The Kier molecular flexibility index (Phi) is 5.97. The molecule has 1 aliphatic carbocycles. The first-order valence-electron chi connectivity index (χ1n) is 7.85. The van der Waals surface area contributed by atoms with Crippen molar-refractivity contribution in [2.45, 2.75) is 82.0 Å². The maximum Gasteiger partial charge on any atom is 0.437 e. The van der Waals surface area contributed by atoms with E-state index in [0.29, 0.717) is 19.3 Å². The number of carbonyl (C=O) groups is 2. The number of hydrogen-bond acceptors (Lipinski definition) is 5. The summed E-state index contributed by atoms with van der Waals surface area (Å²) in [5.41, 5.74) is -9.12. The third-order valence-electron chi connectivity index (χ3n) is 4.42. The molecular weight excluding hydrogens is 374 g/mol. The number of aliphatic hydroxyl groups is 1. The number of hydrogen-bond donors (Lipinski definition) is 1. The van der Waals surface area contributed by atoms with Crippen LogP contribution >= 0.6 is 0 Å². The molecule has 0 saturated heterocycles. The molecule has 0 spiro atoms. The lowest BCUT2D eigenvalue weighted by Gasteiger charge is -2.35. The van der Waals surface area contributed by atoms with Crippen molar-refractivity contribution in [2.75, 3.05) is 0 Å². The Balaban J connectivity index is 3.03. The van der Waals surface area contributed by atoms with Crippen LogP contribution in [0.3, 0.4) is 0 Å². The fourth-order valence-corrected chi connectivity index (χ4v) is 2.61. The van der Waals surface area contributed by atoms with Gasteiger partial charge in [-0.2, -0.15) is 26.3 Å². The van der Waals surface area contributed by atoms with Crippen molar-refractivity contribution in [1.29, 1.82) is 0 Å². The Bertz CT molecular complexity index is 532. The lowest BCUT2D eigenvalue weighted by atomic mass is 9.98. The third kappa shape index (κ3) is 4.07. The molecule has 0 atom stereocenters. The van der Waals surface area contributed by atoms with Crippen molar-refractivity contribution < 1.29 is 50.5 Å². The Hall–Kier alpha value is -1.52. The SMILES string of the molecule is CCC1(OC(=O)C(C)(C)OC(=O)C(O)(C(F)(F)F)C(F)(F)F)CCCC1. The number of rotatable bonds is 5. The minimum absolute atomic E-state index is 0.387. The van der Waals surface area contributed by atoms with Crippen LogP contribution in [0.25, 0.3) is 0 Å². The number of carbonyl (C=O) groups excluding carboxylic acids is 2. The number of halogens is 6. The van der Waals surface area contributed by atoms with Gasteiger partial charge in [0.2, 0.25) is 5.60 Å². The van der Waals surface area contributed by atoms with Crippen LogP contribution in [-0.4, -0.2) is 46.2 Å². The van der Waals surface area contributed by atoms with Gasteiger partial charge in [-0.25, -0.2) is 9.59 Å². The van der Waals surface area contributed by atoms with Crippen LogP contribution in [0.2, 0.25) is 0 Å². The summed E-state index contributed by atoms with van der Waals surface area (Å²) >= 11 is 0. The van der Waals surface area contributed by atoms with Gasteiger partial charge in [0.1, 0.15) is 5.60 Å². The van der Waals surface area contributed by atoms with Crippen LogP contribution in [0.1, 0.15) is 52.9 Å². The molecule has 0 radical (unpaired) electrons. The molecule has 11 heteroatoms. The van der Waals surface area contributed by atoms with Crippen molar-refractivity contribution in [3.05, 3.63) is 0 Å². The van der Waals surface area contributed by atoms with Crippen LogP contribution in [0.15, 0.2) is 0 Å². The Morgan fingerprint density at radius 1 is 0.962 bits per heavy atom. The summed E-state index contributed by atoms with van der Waals surface area (Å²) in [7, 11) is 0. The van der Waals surface area contributed by atoms with Crippen molar-refractivity contribution in [2.24, 2.45) is 0 Å². The van der Waals surface area contributed by atoms with E-state index in [4.69, 9.17) is 9.84 Å². The summed E-state index contributed by atoms with van der Waals surface area (Å²) in [6.07, 6.45) is -9.95. The van der Waals surface area contributed by atoms with Crippen LogP contribution < -0.4 is 0 Å². The van der Waals surface area contributed by atoms with E-state index >= 15 is 0 Å². The minimum atomic E-state index is -6.39. The summed E-state index contributed by atoms with van der Waals surface area (Å²) in [4.78, 5) is 23.7. The molecule has 0 amide bonds. The van der Waals surface area contributed by atoms with Crippen molar-refractivity contribution in [3.8, 4) is 0 Å². The van der Waals surface area contributed by atoms with Gasteiger partial charge in [0, 0.05) is 0 Å². The normalized spacial score (nSPS) is 18.5. The summed E-state index contributed by atoms with van der Waals surface area (Å²) in [5.74, 6) is -4.34. The zero-order valence-electron chi connectivity index (χ0n) is 14.4. The molecule has 5 nitrogen and oxygen atoms in total. The molecule has 0 aromatic heterocycles. The third-order valence-corrected chi connectivity index (χ3v) is 4.42. The van der Waals surface area contributed by atoms with Gasteiger partial charge in [0.15, 0.2) is 0 Å². The quantitative estimate of drug-likeness (QED) is 0.571. The predicted molar refractivity (Wildman–Crippen MR) is 74.8 cm³/mol. The van der Waals surface area contributed by atoms with Crippen molar-refractivity contribution in [3.63, 3.8) is 0 Å². The Morgan fingerprint density at radius 2 is 1.38 bits per heavy atom. The van der Waals surface area contributed by atoms with Gasteiger partial charge in [-0.3, -0.25) is 0 Å². The van der Waals surface area contributed by atoms with E-state index in [-0.39, 0.29) is 0 Å². The molecule has 1 N–H and O–H groups in total. The predicted octanol–water partition coefficient (Wildman–Crippen LogP) is 3.43. The highest BCUT2D eigenvalue weighted by atomic mass is 19.4. The smallest absolute Gasteiger partial charge is 0.437 e. The fraction of sp³-hybridized carbons (Fsp3) is 0.867. The molecule has 1 saturated carbocycles. The van der Waals surface area contributed by atoms with Crippen molar-refractivity contribution >= 4 is 11.9 Å². The van der Waals surface area contributed by atoms with Crippen LogP contribution in [0.5, 0.6) is 0 Å². The number of alkyl halides is 6. The summed E-state index contributed by atoms with van der Waals surface area (Å²) in [6, 6.07) is 0. The average Bonchev–Trinajstić information content (AvgIpc) is 2.92. The molecule has 1 rings (SSSR count). The van der Waals surface area contributed by atoms with E-state index in [0.717, 1.165) is 26.7 Å². The van der Waals surface area contributed by atoms with Crippen LogP contribution in [0, 0.1) is 0 Å². The average molecular weight is 394 g/mol. The zero-order valence-corrected chi connectivity index (χ0v) is 14.4. The molecule has 0 unspecified atom stereocenters. The maximum atomic E-state index is 12.7. The molecule has 26 heavy (non-hydrogen) atoms. The van der Waals surface area contributed by atoms with E-state index < -0.39 is 41.1 Å². The van der Waals surface area contributed by atoms with E-state index in [2.05, 4.69) is 4.74 Å². The lowest BCUT2D eigenvalue weighted by Crippen LogP contribution is -2.64. The maximum absolute atomic E-state index is 12.7. The van der Waals surface area contributed by atoms with Crippen molar-refractivity contribution in [1.82, 2.24) is 0 Å². The second-order valence-corrected chi connectivity index (χ2v) is 6.74. The van der Waals surface area contributed by atoms with E-state index in [1.165, 1.54) is 0 Å². The van der Waals surface area contributed by atoms with E-state index in [1.807, 2.05) is 0 Å². The second kappa shape index (κ2) is 6.90. The highest BCUT2D eigenvalue weighted by molar-refractivity contribution is 5.87. The molecular formula is C15H20F6O5. The van der Waals surface area contributed by atoms with Crippen LogP contribution in [-0.2, 0) is 19.1 Å². The largest absolute Gasteiger partial charge is 0.456 e. The zero-order chi connectivity index (χ0) is 20.6. The van der Waals surface area contributed by atoms with Gasteiger partial charge >= 0.3 is 29.9 Å². The van der Waals surface area contributed by atoms with Gasteiger partial charge in [0.05, 0.1) is 0 Å². The van der Waals surface area contributed by atoms with Gasteiger partial charge in [-0.05, 0) is 46.0 Å². The molecule has 0 aromatic carbocycles. The topological polar surface area (TPSA) is 72.8 Å². The summed E-state index contributed by atoms with van der Waals surface area (Å²) in [5, 5.41) is 9.00. The lowest BCUT2D eigenvalue weighted by molar-refractivity contribution is -0.358. The molecule has 0 bridgehead atoms. The van der Waals surface area contributed by atoms with Gasteiger partial charge in [0.25, 0.3) is 0 Å². The molecule has 0 aromatic rings. The molecule has 1 fully saturated rings. The molecule has 1 aliphatic rings. The minimum Gasteiger partial charge on any atom is -0.456 e. The van der Waals surface area contributed by atoms with Gasteiger partial charge in [-0.15, -0.1) is 0 Å². The molecule has 152 valence electrons. The number of esters is 2. The first-order chi connectivity index (χ1) is 11.5. The highest BCUT2D eigenvalue weighted by Crippen LogP contribution is 2.44. The molecule has 0 aliphatic heterocycles. The van der Waals surface area contributed by atoms with E-state index in [1.54, 1.807) is 6.92 Å².